The summed E-state index contributed by atoms with van der Waals surface area (Å²) in [5.41, 5.74) is 4.51. The lowest BCUT2D eigenvalue weighted by atomic mass is 9.88. The van der Waals surface area contributed by atoms with Crippen LogP contribution in [-0.4, -0.2) is 6.04 Å². The minimum atomic E-state index is 0.401. The number of fused-ring (bicyclic) bond motifs is 1. The van der Waals surface area contributed by atoms with Gasteiger partial charge < -0.3 is 5.32 Å². The van der Waals surface area contributed by atoms with Gasteiger partial charge in [0.25, 0.3) is 0 Å². The Hall–Kier alpha value is -1.79. The lowest BCUT2D eigenvalue weighted by molar-refractivity contribution is 0.611. The molecule has 2 aromatic carbocycles. The van der Waals surface area contributed by atoms with Crippen molar-refractivity contribution in [1.82, 2.24) is 0 Å². The molecule has 0 radical (unpaired) electrons. The van der Waals surface area contributed by atoms with Gasteiger partial charge in [-0.15, -0.1) is 0 Å². The van der Waals surface area contributed by atoms with E-state index >= 15 is 0 Å². The van der Waals surface area contributed by atoms with Crippen molar-refractivity contribution < 1.29 is 0 Å². The van der Waals surface area contributed by atoms with Gasteiger partial charge in [-0.3, -0.25) is 0 Å². The zero-order chi connectivity index (χ0) is 13.9. The van der Waals surface area contributed by atoms with Crippen molar-refractivity contribution in [3.63, 3.8) is 0 Å². The molecule has 1 N–H and O–H groups in total. The molecule has 0 bridgehead atoms. The summed E-state index contributed by atoms with van der Waals surface area (Å²) in [6.07, 6.45) is 3.24. The molecule has 0 spiro atoms. The van der Waals surface area contributed by atoms with E-state index in [1.54, 1.807) is 0 Å². The number of hydrogen-bond donors (Lipinski definition) is 1. The van der Waals surface area contributed by atoms with Crippen LogP contribution in [0.5, 0.6) is 0 Å². The summed E-state index contributed by atoms with van der Waals surface area (Å²) in [4.78, 5) is 0. The predicted molar refractivity (Wildman–Crippen MR) is 84.7 cm³/mol. The first kappa shape index (κ1) is 13.2. The second kappa shape index (κ2) is 5.68. The third kappa shape index (κ3) is 2.71. The fourth-order valence-electron chi connectivity index (χ4n) is 2.78. The van der Waals surface area contributed by atoms with Crippen molar-refractivity contribution in [2.24, 2.45) is 0 Å². The minimum Gasteiger partial charge on any atom is -0.381 e. The molecule has 2 nitrogen and oxygen atoms in total. The van der Waals surface area contributed by atoms with Gasteiger partial charge in [-0.2, -0.15) is 5.26 Å². The third-order valence-electron chi connectivity index (χ3n) is 3.81. The molecule has 0 aromatic heterocycles. The van der Waals surface area contributed by atoms with Crippen LogP contribution in [0.15, 0.2) is 46.9 Å². The lowest BCUT2D eigenvalue weighted by Crippen LogP contribution is -2.27. The molecule has 2 aromatic rings. The fraction of sp³-hybridized carbons (Fsp3) is 0.235. The molecule has 1 atom stereocenters. The average Bonchev–Trinajstić information content (AvgIpc) is 2.49. The van der Waals surface area contributed by atoms with Gasteiger partial charge in [0.1, 0.15) is 6.07 Å². The standard InChI is InChI=1S/C17H15BrN2/c18-15-6-8-17(14(9-15)11-19)20-16-7-5-12-3-1-2-4-13(12)10-16/h1-4,6,8-9,16,20H,5,7,10H2. The number of nitriles is 1. The van der Waals surface area contributed by atoms with E-state index < -0.39 is 0 Å². The molecule has 0 saturated carbocycles. The minimum absolute atomic E-state index is 0.401. The summed E-state index contributed by atoms with van der Waals surface area (Å²) in [5.74, 6) is 0. The normalized spacial score (nSPS) is 17.1. The maximum Gasteiger partial charge on any atom is 0.101 e. The highest BCUT2D eigenvalue weighted by Crippen LogP contribution is 2.26. The molecule has 100 valence electrons. The van der Waals surface area contributed by atoms with Crippen LogP contribution in [0.25, 0.3) is 0 Å². The Morgan fingerprint density at radius 1 is 1.15 bits per heavy atom. The Morgan fingerprint density at radius 2 is 1.95 bits per heavy atom. The zero-order valence-corrected chi connectivity index (χ0v) is 12.7. The van der Waals surface area contributed by atoms with Crippen LogP contribution in [0, 0.1) is 11.3 Å². The first-order chi connectivity index (χ1) is 9.76. The van der Waals surface area contributed by atoms with Gasteiger partial charge in [0, 0.05) is 10.5 Å². The molecule has 3 rings (SSSR count). The van der Waals surface area contributed by atoms with Crippen molar-refractivity contribution in [2.45, 2.75) is 25.3 Å². The first-order valence-corrected chi connectivity index (χ1v) is 7.58. The number of halogens is 1. The smallest absolute Gasteiger partial charge is 0.101 e. The van der Waals surface area contributed by atoms with Crippen LogP contribution in [-0.2, 0) is 12.8 Å². The van der Waals surface area contributed by atoms with Crippen LogP contribution >= 0.6 is 15.9 Å². The van der Waals surface area contributed by atoms with E-state index in [0.29, 0.717) is 11.6 Å². The number of nitrogens with zero attached hydrogens (tertiary/aromatic N) is 1. The van der Waals surface area contributed by atoms with Gasteiger partial charge in [0.15, 0.2) is 0 Å². The second-order valence-electron chi connectivity index (χ2n) is 5.15. The molecule has 0 heterocycles. The molecule has 3 heteroatoms. The van der Waals surface area contributed by atoms with E-state index in [9.17, 15) is 5.26 Å². The fourth-order valence-corrected chi connectivity index (χ4v) is 3.14. The van der Waals surface area contributed by atoms with Crippen LogP contribution in [0.2, 0.25) is 0 Å². The predicted octanol–water partition coefficient (Wildman–Crippen LogP) is 4.29. The Kier molecular flexibility index (Phi) is 3.75. The zero-order valence-electron chi connectivity index (χ0n) is 11.1. The number of benzene rings is 2. The van der Waals surface area contributed by atoms with Crippen molar-refractivity contribution in [3.05, 3.63) is 63.6 Å². The van der Waals surface area contributed by atoms with Crippen LogP contribution in [0.3, 0.4) is 0 Å². The van der Waals surface area contributed by atoms with E-state index in [4.69, 9.17) is 0 Å². The highest BCUT2D eigenvalue weighted by molar-refractivity contribution is 9.10. The molecular formula is C17H15BrN2. The van der Waals surface area contributed by atoms with Gasteiger partial charge in [0.2, 0.25) is 0 Å². The molecule has 0 saturated heterocycles. The SMILES string of the molecule is N#Cc1cc(Br)ccc1NC1CCc2ccccc2C1. The van der Waals surface area contributed by atoms with Crippen LogP contribution in [0.4, 0.5) is 5.69 Å². The van der Waals surface area contributed by atoms with E-state index in [0.717, 1.165) is 29.4 Å². The Morgan fingerprint density at radius 3 is 2.75 bits per heavy atom. The van der Waals surface area contributed by atoms with E-state index in [1.807, 2.05) is 18.2 Å². The molecule has 0 fully saturated rings. The van der Waals surface area contributed by atoms with Gasteiger partial charge in [-0.25, -0.2) is 0 Å². The molecule has 20 heavy (non-hydrogen) atoms. The topological polar surface area (TPSA) is 35.8 Å². The number of anilines is 1. The molecule has 1 unspecified atom stereocenters. The molecule has 1 aliphatic rings. The summed E-state index contributed by atoms with van der Waals surface area (Å²) >= 11 is 3.40. The van der Waals surface area contributed by atoms with E-state index in [-0.39, 0.29) is 0 Å². The number of hydrogen-bond acceptors (Lipinski definition) is 2. The molecular weight excluding hydrogens is 312 g/mol. The monoisotopic (exact) mass is 326 g/mol. The highest BCUT2D eigenvalue weighted by Gasteiger charge is 2.18. The van der Waals surface area contributed by atoms with Crippen LogP contribution in [0.1, 0.15) is 23.1 Å². The second-order valence-corrected chi connectivity index (χ2v) is 6.07. The van der Waals surface area contributed by atoms with Gasteiger partial charge in [-0.05, 0) is 48.6 Å². The van der Waals surface area contributed by atoms with Crippen molar-refractivity contribution in [2.75, 3.05) is 5.32 Å². The molecule has 1 aliphatic carbocycles. The maximum atomic E-state index is 9.22. The van der Waals surface area contributed by atoms with Gasteiger partial charge >= 0.3 is 0 Å². The number of rotatable bonds is 2. The maximum absolute atomic E-state index is 9.22. The summed E-state index contributed by atoms with van der Waals surface area (Å²) in [5, 5.41) is 12.7. The number of aryl methyl sites for hydroxylation is 1. The number of nitrogens with one attached hydrogen (secondary N) is 1. The van der Waals surface area contributed by atoms with Crippen LogP contribution < -0.4 is 5.32 Å². The van der Waals surface area contributed by atoms with Crippen molar-refractivity contribution >= 4 is 21.6 Å². The average molecular weight is 327 g/mol. The third-order valence-corrected chi connectivity index (χ3v) is 4.30. The summed E-state index contributed by atoms with van der Waals surface area (Å²) < 4.78 is 0.939. The first-order valence-electron chi connectivity index (χ1n) is 6.79. The molecule has 0 amide bonds. The van der Waals surface area contributed by atoms with Crippen molar-refractivity contribution in [3.8, 4) is 6.07 Å². The van der Waals surface area contributed by atoms with E-state index in [1.165, 1.54) is 11.1 Å². The Balaban J connectivity index is 1.79. The van der Waals surface area contributed by atoms with Crippen molar-refractivity contribution in [1.29, 1.82) is 5.26 Å². The Labute approximate surface area is 127 Å². The largest absolute Gasteiger partial charge is 0.381 e. The summed E-state index contributed by atoms with van der Waals surface area (Å²) in [7, 11) is 0. The lowest BCUT2D eigenvalue weighted by Gasteiger charge is -2.26. The Bertz CT molecular complexity index is 673. The van der Waals surface area contributed by atoms with E-state index in [2.05, 4.69) is 51.6 Å². The quantitative estimate of drug-likeness (QED) is 0.893. The molecule has 0 aliphatic heterocycles. The van der Waals surface area contributed by atoms with Gasteiger partial charge in [0.05, 0.1) is 11.3 Å². The summed E-state index contributed by atoms with van der Waals surface area (Å²) in [6.45, 7) is 0. The summed E-state index contributed by atoms with van der Waals surface area (Å²) in [6, 6.07) is 17.1. The van der Waals surface area contributed by atoms with Gasteiger partial charge in [-0.1, -0.05) is 40.2 Å². The highest BCUT2D eigenvalue weighted by atomic mass is 79.9.